The lowest BCUT2D eigenvalue weighted by atomic mass is 10.1. The van der Waals surface area contributed by atoms with Gasteiger partial charge in [0.1, 0.15) is 0 Å². The number of benzene rings is 2. The zero-order valence-electron chi connectivity index (χ0n) is 15.1. The molecule has 0 aliphatic heterocycles. The Kier molecular flexibility index (Phi) is 5.46. The van der Waals surface area contributed by atoms with Gasteiger partial charge in [-0.25, -0.2) is 0 Å². The zero-order chi connectivity index (χ0) is 18.5. The summed E-state index contributed by atoms with van der Waals surface area (Å²) in [5, 5.41) is 8.36. The molecule has 0 fully saturated rings. The van der Waals surface area contributed by atoms with E-state index in [1.807, 2.05) is 24.3 Å². The lowest BCUT2D eigenvalue weighted by Crippen LogP contribution is -2.30. The average molecular weight is 349 g/mol. The summed E-state index contributed by atoms with van der Waals surface area (Å²) in [6.45, 7) is 4.91. The summed E-state index contributed by atoms with van der Waals surface area (Å²) >= 11 is 0. The molecule has 0 unspecified atom stereocenters. The Balaban J connectivity index is 2.00. The molecule has 0 bridgehead atoms. The number of rotatable bonds is 6. The Hall–Kier alpha value is -2.95. The van der Waals surface area contributed by atoms with Gasteiger partial charge in [-0.2, -0.15) is 9.78 Å². The van der Waals surface area contributed by atoms with E-state index in [0.29, 0.717) is 28.9 Å². The summed E-state index contributed by atoms with van der Waals surface area (Å²) in [6.07, 6.45) is 1.97. The van der Waals surface area contributed by atoms with Gasteiger partial charge in [-0.15, -0.1) is 0 Å². The molecule has 26 heavy (non-hydrogen) atoms. The Bertz CT molecular complexity index is 962. The van der Waals surface area contributed by atoms with E-state index in [0.717, 1.165) is 12.8 Å². The summed E-state index contributed by atoms with van der Waals surface area (Å²) in [5.41, 5.74) is 0.675. The first-order valence-electron chi connectivity index (χ1n) is 8.93. The summed E-state index contributed by atoms with van der Waals surface area (Å²) < 4.78 is 1.30. The number of carbonyl (C=O) groups excluding carboxylic acids is 1. The number of amides is 1. The Labute approximate surface area is 152 Å². The van der Waals surface area contributed by atoms with Crippen molar-refractivity contribution in [3.63, 3.8) is 0 Å². The second kappa shape index (κ2) is 7.95. The second-order valence-corrected chi connectivity index (χ2v) is 6.74. The first-order chi connectivity index (χ1) is 12.6. The lowest BCUT2D eigenvalue weighted by molar-refractivity contribution is 0.0947. The van der Waals surface area contributed by atoms with E-state index < -0.39 is 0 Å². The molecule has 3 rings (SSSR count). The number of nitrogens with zero attached hydrogens (tertiary/aromatic N) is 2. The molecule has 3 aromatic rings. The molecule has 5 nitrogen and oxygen atoms in total. The smallest absolute Gasteiger partial charge is 0.279 e. The van der Waals surface area contributed by atoms with Gasteiger partial charge < -0.3 is 5.32 Å². The van der Waals surface area contributed by atoms with Gasteiger partial charge in [0.15, 0.2) is 5.69 Å². The molecule has 5 heteroatoms. The van der Waals surface area contributed by atoms with Crippen LogP contribution in [0.4, 0.5) is 0 Å². The predicted molar refractivity (Wildman–Crippen MR) is 104 cm³/mol. The topological polar surface area (TPSA) is 64.0 Å². The van der Waals surface area contributed by atoms with Crippen molar-refractivity contribution in [3.05, 3.63) is 70.6 Å². The lowest BCUT2D eigenvalue weighted by Gasteiger charge is -2.11. The van der Waals surface area contributed by atoms with Crippen molar-refractivity contribution < 1.29 is 4.79 Å². The van der Waals surface area contributed by atoms with Gasteiger partial charge in [-0.1, -0.05) is 50.2 Å². The molecule has 1 N–H and O–H groups in total. The normalized spacial score (nSPS) is 11.0. The Morgan fingerprint density at radius 1 is 1.04 bits per heavy atom. The first-order valence-corrected chi connectivity index (χ1v) is 8.93. The molecule has 0 saturated carbocycles. The standard InChI is InChI=1S/C21H23N3O2/c1-15(2)9-8-14-22-20(25)19-17-12-6-7-13-18(17)21(26)24(23-19)16-10-4-3-5-11-16/h3-7,10-13,15H,8-9,14H2,1-2H3,(H,22,25). The number of fused-ring (bicyclic) bond motifs is 1. The molecule has 2 aromatic carbocycles. The molecular formula is C21H23N3O2. The molecule has 1 heterocycles. The van der Waals surface area contributed by atoms with E-state index in [9.17, 15) is 9.59 Å². The van der Waals surface area contributed by atoms with E-state index in [2.05, 4.69) is 24.3 Å². The van der Waals surface area contributed by atoms with Crippen LogP contribution in [0, 0.1) is 5.92 Å². The number of hydrogen-bond acceptors (Lipinski definition) is 3. The fraction of sp³-hybridized carbons (Fsp3) is 0.286. The van der Waals surface area contributed by atoms with E-state index in [1.165, 1.54) is 4.68 Å². The van der Waals surface area contributed by atoms with Gasteiger partial charge in [-0.3, -0.25) is 9.59 Å². The number of hydrogen-bond donors (Lipinski definition) is 1. The third kappa shape index (κ3) is 3.82. The maximum atomic E-state index is 12.8. The van der Waals surface area contributed by atoms with E-state index in [-0.39, 0.29) is 17.2 Å². The molecule has 0 radical (unpaired) electrons. The molecule has 0 aliphatic rings. The third-order valence-corrected chi connectivity index (χ3v) is 4.26. The maximum absolute atomic E-state index is 12.8. The highest BCUT2D eigenvalue weighted by Crippen LogP contribution is 2.15. The van der Waals surface area contributed by atoms with Crippen molar-refractivity contribution in [1.82, 2.24) is 15.1 Å². The van der Waals surface area contributed by atoms with Crippen LogP contribution in [-0.2, 0) is 0 Å². The Morgan fingerprint density at radius 2 is 1.69 bits per heavy atom. The maximum Gasteiger partial charge on any atom is 0.279 e. The minimum atomic E-state index is -0.255. The molecule has 0 aliphatic carbocycles. The fourth-order valence-electron chi connectivity index (χ4n) is 2.90. The third-order valence-electron chi connectivity index (χ3n) is 4.26. The Morgan fingerprint density at radius 3 is 2.38 bits per heavy atom. The average Bonchev–Trinajstić information content (AvgIpc) is 2.66. The summed E-state index contributed by atoms with van der Waals surface area (Å²) in [6, 6.07) is 16.2. The van der Waals surface area contributed by atoms with Gasteiger partial charge in [0.05, 0.1) is 11.1 Å². The van der Waals surface area contributed by atoms with Crippen molar-refractivity contribution >= 4 is 16.7 Å². The van der Waals surface area contributed by atoms with Gasteiger partial charge in [0.2, 0.25) is 0 Å². The van der Waals surface area contributed by atoms with Gasteiger partial charge in [0.25, 0.3) is 11.5 Å². The zero-order valence-corrected chi connectivity index (χ0v) is 15.1. The summed E-state index contributed by atoms with van der Waals surface area (Å²) in [5.74, 6) is 0.348. The van der Waals surface area contributed by atoms with Crippen LogP contribution in [0.1, 0.15) is 37.2 Å². The van der Waals surface area contributed by atoms with Crippen LogP contribution in [0.3, 0.4) is 0 Å². The molecular weight excluding hydrogens is 326 g/mol. The highest BCUT2D eigenvalue weighted by Gasteiger charge is 2.17. The van der Waals surface area contributed by atoms with Gasteiger partial charge in [-0.05, 0) is 37.0 Å². The van der Waals surface area contributed by atoms with E-state index in [4.69, 9.17) is 0 Å². The quantitative estimate of drug-likeness (QED) is 0.692. The monoisotopic (exact) mass is 349 g/mol. The fourth-order valence-corrected chi connectivity index (χ4v) is 2.90. The van der Waals surface area contributed by atoms with E-state index >= 15 is 0 Å². The number of para-hydroxylation sites is 1. The highest BCUT2D eigenvalue weighted by molar-refractivity contribution is 6.04. The van der Waals surface area contributed by atoms with Crippen molar-refractivity contribution in [2.24, 2.45) is 5.92 Å². The van der Waals surface area contributed by atoms with Crippen LogP contribution >= 0.6 is 0 Å². The molecule has 0 atom stereocenters. The van der Waals surface area contributed by atoms with Crippen molar-refractivity contribution in [1.29, 1.82) is 0 Å². The summed E-state index contributed by atoms with van der Waals surface area (Å²) in [7, 11) is 0. The number of nitrogens with one attached hydrogen (secondary N) is 1. The van der Waals surface area contributed by atoms with Crippen LogP contribution in [0.5, 0.6) is 0 Å². The van der Waals surface area contributed by atoms with Gasteiger partial charge in [0, 0.05) is 11.9 Å². The van der Waals surface area contributed by atoms with Gasteiger partial charge >= 0.3 is 0 Å². The highest BCUT2D eigenvalue weighted by atomic mass is 16.2. The predicted octanol–water partition coefficient (Wildman–Crippen LogP) is 3.55. The molecule has 0 saturated heterocycles. The van der Waals surface area contributed by atoms with Crippen molar-refractivity contribution in [2.75, 3.05) is 6.54 Å². The van der Waals surface area contributed by atoms with Crippen LogP contribution in [0.25, 0.3) is 16.5 Å². The van der Waals surface area contributed by atoms with Crippen molar-refractivity contribution in [2.45, 2.75) is 26.7 Å². The molecule has 1 amide bonds. The van der Waals surface area contributed by atoms with E-state index in [1.54, 1.807) is 30.3 Å². The van der Waals surface area contributed by atoms with Crippen LogP contribution in [-0.4, -0.2) is 22.2 Å². The largest absolute Gasteiger partial charge is 0.351 e. The number of aromatic nitrogens is 2. The van der Waals surface area contributed by atoms with Crippen LogP contribution in [0.15, 0.2) is 59.4 Å². The SMILES string of the molecule is CC(C)CCCNC(=O)c1nn(-c2ccccc2)c(=O)c2ccccc12. The molecule has 0 spiro atoms. The second-order valence-electron chi connectivity index (χ2n) is 6.74. The first kappa shape index (κ1) is 17.9. The number of carbonyl (C=O) groups is 1. The minimum Gasteiger partial charge on any atom is -0.351 e. The molecule has 1 aromatic heterocycles. The van der Waals surface area contributed by atoms with Crippen LogP contribution < -0.4 is 10.9 Å². The van der Waals surface area contributed by atoms with Crippen LogP contribution in [0.2, 0.25) is 0 Å². The summed E-state index contributed by atoms with van der Waals surface area (Å²) in [4.78, 5) is 25.5. The molecule has 134 valence electrons. The van der Waals surface area contributed by atoms with Crippen molar-refractivity contribution in [3.8, 4) is 5.69 Å². The minimum absolute atomic E-state index is 0.233.